The van der Waals surface area contributed by atoms with E-state index >= 15 is 0 Å². The SMILES string of the molecule is C/C(=C(/C(O)c1ccccc1)C(F)(F)F)c1ccccc1. The van der Waals surface area contributed by atoms with Gasteiger partial charge in [0.15, 0.2) is 0 Å². The van der Waals surface area contributed by atoms with Crippen LogP contribution in [0.5, 0.6) is 0 Å². The van der Waals surface area contributed by atoms with Gasteiger partial charge in [0.2, 0.25) is 0 Å². The van der Waals surface area contributed by atoms with Crippen LogP contribution in [0.2, 0.25) is 0 Å². The Morgan fingerprint density at radius 3 is 1.86 bits per heavy atom. The Balaban J connectivity index is 2.55. The molecule has 0 fully saturated rings. The van der Waals surface area contributed by atoms with Crippen LogP contribution in [0, 0.1) is 0 Å². The van der Waals surface area contributed by atoms with Gasteiger partial charge in [0.1, 0.15) is 6.10 Å². The van der Waals surface area contributed by atoms with E-state index in [1.807, 2.05) is 0 Å². The van der Waals surface area contributed by atoms with E-state index in [1.165, 1.54) is 19.1 Å². The van der Waals surface area contributed by atoms with Gasteiger partial charge in [-0.25, -0.2) is 0 Å². The van der Waals surface area contributed by atoms with Crippen molar-refractivity contribution in [2.45, 2.75) is 19.2 Å². The molecule has 2 aromatic rings. The predicted octanol–water partition coefficient (Wildman–Crippen LogP) is 4.76. The van der Waals surface area contributed by atoms with Crippen molar-refractivity contribution in [2.24, 2.45) is 0 Å². The van der Waals surface area contributed by atoms with Gasteiger partial charge in [-0.1, -0.05) is 60.7 Å². The van der Waals surface area contributed by atoms with Crippen molar-refractivity contribution in [1.29, 1.82) is 0 Å². The molecule has 0 saturated heterocycles. The predicted molar refractivity (Wildman–Crippen MR) is 76.5 cm³/mol. The fourth-order valence-electron chi connectivity index (χ4n) is 2.22. The first kappa shape index (κ1) is 15.3. The summed E-state index contributed by atoms with van der Waals surface area (Å²) in [4.78, 5) is 0. The Morgan fingerprint density at radius 2 is 1.38 bits per heavy atom. The average Bonchev–Trinajstić information content (AvgIpc) is 2.47. The lowest BCUT2D eigenvalue weighted by molar-refractivity contribution is -0.105. The van der Waals surface area contributed by atoms with Gasteiger partial charge in [0.05, 0.1) is 5.57 Å². The lowest BCUT2D eigenvalue weighted by atomic mass is 9.93. The summed E-state index contributed by atoms with van der Waals surface area (Å²) >= 11 is 0. The highest BCUT2D eigenvalue weighted by Crippen LogP contribution is 2.40. The number of aliphatic hydroxyl groups excluding tert-OH is 1. The van der Waals surface area contributed by atoms with Crippen molar-refractivity contribution in [3.05, 3.63) is 77.4 Å². The number of benzene rings is 2. The molecule has 0 bridgehead atoms. The van der Waals surface area contributed by atoms with E-state index < -0.39 is 17.9 Å². The van der Waals surface area contributed by atoms with Crippen molar-refractivity contribution in [1.82, 2.24) is 0 Å². The zero-order valence-corrected chi connectivity index (χ0v) is 11.4. The van der Waals surface area contributed by atoms with Gasteiger partial charge < -0.3 is 5.11 Å². The Morgan fingerprint density at radius 1 is 0.905 bits per heavy atom. The molecule has 0 aliphatic heterocycles. The number of rotatable bonds is 3. The Kier molecular flexibility index (Phi) is 4.48. The van der Waals surface area contributed by atoms with Gasteiger partial charge >= 0.3 is 6.18 Å². The first-order valence-corrected chi connectivity index (χ1v) is 6.47. The van der Waals surface area contributed by atoms with Gasteiger partial charge in [-0.3, -0.25) is 0 Å². The van der Waals surface area contributed by atoms with Crippen LogP contribution >= 0.6 is 0 Å². The smallest absolute Gasteiger partial charge is 0.384 e. The van der Waals surface area contributed by atoms with E-state index in [2.05, 4.69) is 0 Å². The summed E-state index contributed by atoms with van der Waals surface area (Å²) in [5, 5.41) is 10.2. The number of alkyl halides is 3. The minimum Gasteiger partial charge on any atom is -0.384 e. The summed E-state index contributed by atoms with van der Waals surface area (Å²) < 4.78 is 40.1. The quantitative estimate of drug-likeness (QED) is 0.865. The molecule has 110 valence electrons. The lowest BCUT2D eigenvalue weighted by Gasteiger charge is -2.21. The average molecular weight is 292 g/mol. The lowest BCUT2D eigenvalue weighted by Crippen LogP contribution is -2.20. The minimum absolute atomic E-state index is 0.0273. The van der Waals surface area contributed by atoms with E-state index in [1.54, 1.807) is 48.5 Å². The second-order valence-corrected chi connectivity index (χ2v) is 4.72. The maximum Gasteiger partial charge on any atom is 0.415 e. The van der Waals surface area contributed by atoms with Crippen LogP contribution in [0.25, 0.3) is 5.57 Å². The molecular weight excluding hydrogens is 277 g/mol. The number of allylic oxidation sites excluding steroid dienone is 1. The third-order valence-corrected chi connectivity index (χ3v) is 3.30. The molecule has 0 saturated carbocycles. The zero-order valence-electron chi connectivity index (χ0n) is 11.4. The van der Waals surface area contributed by atoms with Gasteiger partial charge in [0.25, 0.3) is 0 Å². The third kappa shape index (κ3) is 3.52. The Bertz CT molecular complexity index is 615. The second kappa shape index (κ2) is 6.14. The van der Waals surface area contributed by atoms with Crippen LogP contribution in [0.15, 0.2) is 66.2 Å². The first-order chi connectivity index (χ1) is 9.91. The molecule has 0 spiro atoms. The highest BCUT2D eigenvalue weighted by Gasteiger charge is 2.40. The third-order valence-electron chi connectivity index (χ3n) is 3.30. The monoisotopic (exact) mass is 292 g/mol. The van der Waals surface area contributed by atoms with Gasteiger partial charge in [-0.05, 0) is 23.6 Å². The van der Waals surface area contributed by atoms with Crippen molar-refractivity contribution < 1.29 is 18.3 Å². The number of hydrogen-bond donors (Lipinski definition) is 1. The molecule has 0 heterocycles. The van der Waals surface area contributed by atoms with Crippen LogP contribution in [0.4, 0.5) is 13.2 Å². The Hall–Kier alpha value is -2.07. The molecule has 1 nitrogen and oxygen atoms in total. The summed E-state index contributed by atoms with van der Waals surface area (Å²) in [5.74, 6) is 0. The molecule has 2 rings (SSSR count). The van der Waals surface area contributed by atoms with Crippen LogP contribution < -0.4 is 0 Å². The molecule has 0 radical (unpaired) electrons. The van der Waals surface area contributed by atoms with Gasteiger partial charge in [0, 0.05) is 0 Å². The molecule has 1 atom stereocenters. The summed E-state index contributed by atoms with van der Waals surface area (Å²) in [6.07, 6.45) is -6.30. The summed E-state index contributed by atoms with van der Waals surface area (Å²) in [7, 11) is 0. The molecule has 21 heavy (non-hydrogen) atoms. The van der Waals surface area contributed by atoms with E-state index in [0.29, 0.717) is 5.56 Å². The van der Waals surface area contributed by atoms with Crippen molar-refractivity contribution in [2.75, 3.05) is 0 Å². The molecule has 0 amide bonds. The largest absolute Gasteiger partial charge is 0.415 e. The zero-order chi connectivity index (χ0) is 15.5. The molecule has 4 heteroatoms. The maximum atomic E-state index is 13.4. The summed E-state index contributed by atoms with van der Waals surface area (Å²) in [5.41, 5.74) is -0.237. The van der Waals surface area contributed by atoms with Gasteiger partial charge in [-0.15, -0.1) is 0 Å². The molecule has 2 aromatic carbocycles. The highest BCUT2D eigenvalue weighted by molar-refractivity contribution is 5.69. The molecular formula is C17H15F3O. The fourth-order valence-corrected chi connectivity index (χ4v) is 2.22. The van der Waals surface area contributed by atoms with E-state index in [9.17, 15) is 18.3 Å². The molecule has 0 aliphatic carbocycles. The van der Waals surface area contributed by atoms with Crippen molar-refractivity contribution in [3.8, 4) is 0 Å². The number of halogens is 3. The molecule has 0 aromatic heterocycles. The topological polar surface area (TPSA) is 20.2 Å². The highest BCUT2D eigenvalue weighted by atomic mass is 19.4. The van der Waals surface area contributed by atoms with Crippen LogP contribution in [0.1, 0.15) is 24.2 Å². The van der Waals surface area contributed by atoms with Crippen LogP contribution in [0.3, 0.4) is 0 Å². The normalized spacial score (nSPS) is 14.5. The molecule has 0 aliphatic rings. The van der Waals surface area contributed by atoms with Crippen LogP contribution in [-0.2, 0) is 0 Å². The van der Waals surface area contributed by atoms with E-state index in [4.69, 9.17) is 0 Å². The summed E-state index contributed by atoms with van der Waals surface area (Å²) in [6.45, 7) is 1.38. The van der Waals surface area contributed by atoms with Gasteiger partial charge in [-0.2, -0.15) is 13.2 Å². The molecule has 1 unspecified atom stereocenters. The van der Waals surface area contributed by atoms with E-state index in [0.717, 1.165) is 0 Å². The fraction of sp³-hybridized carbons (Fsp3) is 0.176. The maximum absolute atomic E-state index is 13.4. The molecule has 1 N–H and O–H groups in total. The minimum atomic E-state index is -4.60. The number of hydrogen-bond acceptors (Lipinski definition) is 1. The van der Waals surface area contributed by atoms with Crippen molar-refractivity contribution in [3.63, 3.8) is 0 Å². The second-order valence-electron chi connectivity index (χ2n) is 4.72. The van der Waals surface area contributed by atoms with Crippen LogP contribution in [-0.4, -0.2) is 11.3 Å². The standard InChI is InChI=1S/C17H15F3O/c1-12(13-8-4-2-5-9-13)15(17(18,19)20)16(21)14-10-6-3-7-11-14/h2-11,16,21H,1H3/b15-12+. The number of aliphatic hydroxyl groups is 1. The summed E-state index contributed by atoms with van der Waals surface area (Å²) in [6, 6.07) is 16.1. The first-order valence-electron chi connectivity index (χ1n) is 6.47. The van der Waals surface area contributed by atoms with Crippen molar-refractivity contribution >= 4 is 5.57 Å². The van der Waals surface area contributed by atoms with E-state index in [-0.39, 0.29) is 11.1 Å². The Labute approximate surface area is 121 Å².